The minimum atomic E-state index is -0.874. The van der Waals surface area contributed by atoms with E-state index in [-0.39, 0.29) is 30.0 Å². The summed E-state index contributed by atoms with van der Waals surface area (Å²) in [5, 5.41) is 5.24. The van der Waals surface area contributed by atoms with Gasteiger partial charge in [-0.05, 0) is 43.2 Å². The Labute approximate surface area is 255 Å². The van der Waals surface area contributed by atoms with Crippen molar-refractivity contribution in [2.45, 2.75) is 62.7 Å². The molecule has 0 saturated carbocycles. The van der Waals surface area contributed by atoms with Crippen LogP contribution in [0.1, 0.15) is 58.3 Å². The van der Waals surface area contributed by atoms with Gasteiger partial charge in [-0.2, -0.15) is 0 Å². The van der Waals surface area contributed by atoms with Crippen molar-refractivity contribution < 1.29 is 23.9 Å². The Morgan fingerprint density at radius 2 is 1.58 bits per heavy atom. The molecular formula is C32H37N5O5S. The van der Waals surface area contributed by atoms with Gasteiger partial charge >= 0.3 is 5.97 Å². The van der Waals surface area contributed by atoms with Crippen LogP contribution in [-0.4, -0.2) is 76.8 Å². The molecule has 5 rings (SSSR count). The number of ether oxygens (including phenoxy) is 1. The lowest BCUT2D eigenvalue weighted by molar-refractivity contribution is -0.146. The Morgan fingerprint density at radius 3 is 2.26 bits per heavy atom. The predicted molar refractivity (Wildman–Crippen MR) is 162 cm³/mol. The Hall–Kier alpha value is -4.09. The van der Waals surface area contributed by atoms with Crippen LogP contribution in [0.2, 0.25) is 0 Å². The summed E-state index contributed by atoms with van der Waals surface area (Å²) in [4.78, 5) is 61.1. The van der Waals surface area contributed by atoms with E-state index >= 15 is 0 Å². The third-order valence-corrected chi connectivity index (χ3v) is 9.04. The average molecular weight is 604 g/mol. The number of carbonyl (C=O) groups excluding carboxylic acids is 4. The fourth-order valence-electron chi connectivity index (χ4n) is 5.89. The fourth-order valence-corrected chi connectivity index (χ4v) is 6.83. The molecule has 2 aromatic carbocycles. The molecule has 0 radical (unpaired) electrons. The summed E-state index contributed by atoms with van der Waals surface area (Å²) in [6.45, 7) is 0.975. The second kappa shape index (κ2) is 13.9. The Kier molecular flexibility index (Phi) is 9.83. The number of benzene rings is 2. The van der Waals surface area contributed by atoms with E-state index in [1.807, 2.05) is 60.7 Å². The molecule has 3 N–H and O–H groups in total. The molecule has 3 amide bonds. The van der Waals surface area contributed by atoms with Crippen molar-refractivity contribution in [1.82, 2.24) is 20.1 Å². The van der Waals surface area contributed by atoms with E-state index in [1.165, 1.54) is 18.4 Å². The predicted octanol–water partition coefficient (Wildman–Crippen LogP) is 2.88. The summed E-state index contributed by atoms with van der Waals surface area (Å²) in [5.74, 6) is -1.35. The number of nitrogens with zero attached hydrogens (tertiary/aromatic N) is 3. The molecule has 1 aromatic heterocycles. The number of thiazole rings is 1. The van der Waals surface area contributed by atoms with E-state index in [0.29, 0.717) is 37.4 Å². The Morgan fingerprint density at radius 1 is 0.953 bits per heavy atom. The minimum Gasteiger partial charge on any atom is -0.464 e. The third kappa shape index (κ3) is 7.11. The van der Waals surface area contributed by atoms with Crippen LogP contribution in [0.15, 0.2) is 66.0 Å². The molecule has 2 aliphatic rings. The molecule has 2 fully saturated rings. The quantitative estimate of drug-likeness (QED) is 0.340. The molecule has 0 bridgehead atoms. The maximum Gasteiger partial charge on any atom is 0.357 e. The highest BCUT2D eigenvalue weighted by atomic mass is 32.1. The molecule has 2 aliphatic heterocycles. The number of hydrogen-bond acceptors (Lipinski definition) is 8. The van der Waals surface area contributed by atoms with Crippen molar-refractivity contribution >= 4 is 35.0 Å². The molecule has 226 valence electrons. The first kappa shape index (κ1) is 30.4. The first-order valence-corrected chi connectivity index (χ1v) is 15.5. The summed E-state index contributed by atoms with van der Waals surface area (Å²) in [6, 6.07) is 16.4. The number of nitrogens with two attached hydrogens (primary N) is 1. The van der Waals surface area contributed by atoms with Crippen molar-refractivity contribution in [3.63, 3.8) is 0 Å². The van der Waals surface area contributed by atoms with Gasteiger partial charge in [0.1, 0.15) is 17.1 Å². The van der Waals surface area contributed by atoms with Gasteiger partial charge in [0.15, 0.2) is 5.69 Å². The lowest BCUT2D eigenvalue weighted by Gasteiger charge is -2.33. The molecule has 3 heterocycles. The monoisotopic (exact) mass is 603 g/mol. The van der Waals surface area contributed by atoms with Gasteiger partial charge in [-0.15, -0.1) is 11.3 Å². The highest BCUT2D eigenvalue weighted by Crippen LogP contribution is 2.36. The van der Waals surface area contributed by atoms with Crippen molar-refractivity contribution in [3.05, 3.63) is 87.9 Å². The number of hydrogen-bond donors (Lipinski definition) is 2. The Bertz CT molecular complexity index is 1430. The molecule has 43 heavy (non-hydrogen) atoms. The summed E-state index contributed by atoms with van der Waals surface area (Å²) in [7, 11) is 1.31. The number of nitrogens with one attached hydrogen (secondary N) is 1. The topological polar surface area (TPSA) is 135 Å². The second-order valence-electron chi connectivity index (χ2n) is 11.0. The van der Waals surface area contributed by atoms with Gasteiger partial charge in [0.2, 0.25) is 17.7 Å². The lowest BCUT2D eigenvalue weighted by Crippen LogP contribution is -2.56. The van der Waals surface area contributed by atoms with Gasteiger partial charge in [-0.3, -0.25) is 14.4 Å². The smallest absolute Gasteiger partial charge is 0.357 e. The lowest BCUT2D eigenvalue weighted by atomic mass is 10.0. The van der Waals surface area contributed by atoms with Crippen molar-refractivity contribution in [2.75, 3.05) is 20.2 Å². The van der Waals surface area contributed by atoms with Crippen molar-refractivity contribution in [1.29, 1.82) is 0 Å². The van der Waals surface area contributed by atoms with Gasteiger partial charge in [0, 0.05) is 24.9 Å². The van der Waals surface area contributed by atoms with E-state index in [9.17, 15) is 19.2 Å². The van der Waals surface area contributed by atoms with E-state index in [2.05, 4.69) is 10.3 Å². The molecule has 0 spiro atoms. The number of carbonyl (C=O) groups is 4. The number of likely N-dealkylation sites (tertiary alicyclic amines) is 2. The summed E-state index contributed by atoms with van der Waals surface area (Å²) in [6.07, 6.45) is 3.38. The van der Waals surface area contributed by atoms with Gasteiger partial charge in [-0.25, -0.2) is 9.78 Å². The largest absolute Gasteiger partial charge is 0.464 e. The number of amides is 3. The highest BCUT2D eigenvalue weighted by molar-refractivity contribution is 7.09. The summed E-state index contributed by atoms with van der Waals surface area (Å²) >= 11 is 1.33. The van der Waals surface area contributed by atoms with Crippen LogP contribution in [0, 0.1) is 0 Å². The first-order valence-electron chi connectivity index (χ1n) is 14.6. The Balaban J connectivity index is 1.32. The van der Waals surface area contributed by atoms with E-state index in [0.717, 1.165) is 24.0 Å². The minimum absolute atomic E-state index is 0.131. The molecule has 2 saturated heterocycles. The van der Waals surface area contributed by atoms with Crippen LogP contribution >= 0.6 is 11.3 Å². The zero-order valence-electron chi connectivity index (χ0n) is 24.2. The van der Waals surface area contributed by atoms with E-state index < -0.39 is 30.0 Å². The molecule has 4 unspecified atom stereocenters. The fraction of sp³-hybridized carbons (Fsp3) is 0.406. The maximum absolute atomic E-state index is 14.1. The van der Waals surface area contributed by atoms with Gasteiger partial charge in [0.05, 0.1) is 19.2 Å². The van der Waals surface area contributed by atoms with Gasteiger partial charge < -0.3 is 25.6 Å². The van der Waals surface area contributed by atoms with Crippen LogP contribution < -0.4 is 11.1 Å². The maximum atomic E-state index is 14.1. The number of esters is 1. The third-order valence-electron chi connectivity index (χ3n) is 8.09. The summed E-state index contributed by atoms with van der Waals surface area (Å²) < 4.78 is 4.79. The zero-order chi connectivity index (χ0) is 30.3. The zero-order valence-corrected chi connectivity index (χ0v) is 25.0. The molecule has 11 heteroatoms. The van der Waals surface area contributed by atoms with Crippen molar-refractivity contribution in [2.24, 2.45) is 5.73 Å². The average Bonchev–Trinajstić information content (AvgIpc) is 3.81. The van der Waals surface area contributed by atoms with Gasteiger partial charge in [0.25, 0.3) is 0 Å². The van der Waals surface area contributed by atoms with Crippen LogP contribution in [0.3, 0.4) is 0 Å². The van der Waals surface area contributed by atoms with Gasteiger partial charge in [-0.1, -0.05) is 60.7 Å². The molecule has 3 aromatic rings. The standard InChI is InChI=1S/C32H37N5O5S/c1-42-32(41)25-20-43-29(35-25)26-14-8-16-36(26)31(40)27-15-9-17-37(27)30(39)24(19-22-12-6-3-7-13-22)34-28(38)23(33)18-21-10-4-2-5-11-21/h2-7,10-13,20,23-24,26-27H,8-9,14-19,33H2,1H3,(H,34,38). The molecule has 10 nitrogen and oxygen atoms in total. The normalized spacial score (nSPS) is 19.6. The second-order valence-corrected chi connectivity index (χ2v) is 11.9. The number of methoxy groups -OCH3 is 1. The summed E-state index contributed by atoms with van der Waals surface area (Å²) in [5.41, 5.74) is 8.32. The molecular weight excluding hydrogens is 566 g/mol. The first-order chi connectivity index (χ1) is 20.9. The van der Waals surface area contributed by atoms with Crippen LogP contribution in [0.4, 0.5) is 0 Å². The van der Waals surface area contributed by atoms with Crippen LogP contribution in [-0.2, 0) is 32.0 Å². The van der Waals surface area contributed by atoms with Crippen LogP contribution in [0.5, 0.6) is 0 Å². The number of rotatable bonds is 10. The molecule has 0 aliphatic carbocycles. The highest BCUT2D eigenvalue weighted by Gasteiger charge is 2.43. The van der Waals surface area contributed by atoms with Crippen LogP contribution in [0.25, 0.3) is 0 Å². The van der Waals surface area contributed by atoms with Crippen molar-refractivity contribution in [3.8, 4) is 0 Å². The molecule has 4 atom stereocenters. The van der Waals surface area contributed by atoms with E-state index in [4.69, 9.17) is 10.5 Å². The number of aromatic nitrogens is 1. The SMILES string of the molecule is COC(=O)c1csc(C2CCCN2C(=O)C2CCCN2C(=O)C(Cc2ccccc2)NC(=O)C(N)Cc2ccccc2)n1. The van der Waals surface area contributed by atoms with E-state index in [1.54, 1.807) is 15.2 Å².